The van der Waals surface area contributed by atoms with Gasteiger partial charge in [-0.25, -0.2) is 9.79 Å². The van der Waals surface area contributed by atoms with Gasteiger partial charge >= 0.3 is 5.97 Å². The first-order chi connectivity index (χ1) is 10.6. The zero-order valence-electron chi connectivity index (χ0n) is 12.0. The number of aryl methyl sites for hydroxylation is 1. The third kappa shape index (κ3) is 2.46. The molecule has 1 heterocycles. The van der Waals surface area contributed by atoms with Gasteiger partial charge in [0.2, 0.25) is 0 Å². The molecule has 22 heavy (non-hydrogen) atoms. The average molecular weight is 317 g/mol. The van der Waals surface area contributed by atoms with E-state index in [0.717, 1.165) is 24.8 Å². The highest BCUT2D eigenvalue weighted by Crippen LogP contribution is 2.41. The van der Waals surface area contributed by atoms with Crippen LogP contribution in [0.5, 0.6) is 11.5 Å². The summed E-state index contributed by atoms with van der Waals surface area (Å²) in [5, 5.41) is 19.9. The molecule has 3 rings (SSSR count). The van der Waals surface area contributed by atoms with Gasteiger partial charge in [0.05, 0.1) is 12.7 Å². The molecule has 1 aromatic carbocycles. The lowest BCUT2D eigenvalue weighted by molar-refractivity contribution is 0.0601. The topological polar surface area (TPSA) is 79.1 Å². The van der Waals surface area contributed by atoms with Gasteiger partial charge in [-0.15, -0.1) is 11.3 Å². The molecular weight excluding hydrogens is 302 g/mol. The molecule has 2 aromatic rings. The minimum Gasteiger partial charge on any atom is -0.504 e. The van der Waals surface area contributed by atoms with Gasteiger partial charge in [0.15, 0.2) is 11.5 Å². The molecule has 114 valence electrons. The van der Waals surface area contributed by atoms with E-state index in [1.807, 2.05) is 0 Å². The van der Waals surface area contributed by atoms with Crippen LogP contribution in [0.2, 0.25) is 0 Å². The fraction of sp³-hybridized carbons (Fsp3) is 0.250. The molecule has 1 aromatic heterocycles. The van der Waals surface area contributed by atoms with Gasteiger partial charge in [0, 0.05) is 16.7 Å². The van der Waals surface area contributed by atoms with Crippen molar-refractivity contribution in [2.45, 2.75) is 19.3 Å². The van der Waals surface area contributed by atoms with Crippen LogP contribution in [0.3, 0.4) is 0 Å². The van der Waals surface area contributed by atoms with Gasteiger partial charge in [0.1, 0.15) is 5.00 Å². The maximum atomic E-state index is 12.0. The number of rotatable bonds is 3. The Balaban J connectivity index is 2.01. The van der Waals surface area contributed by atoms with Crippen molar-refractivity contribution in [3.63, 3.8) is 0 Å². The highest BCUT2D eigenvalue weighted by atomic mass is 32.1. The van der Waals surface area contributed by atoms with Gasteiger partial charge < -0.3 is 14.9 Å². The summed E-state index contributed by atoms with van der Waals surface area (Å²) in [6, 6.07) is 4.65. The summed E-state index contributed by atoms with van der Waals surface area (Å²) < 4.78 is 4.86. The molecule has 0 radical (unpaired) electrons. The number of aliphatic imine (C=N–C) groups is 1. The molecule has 0 atom stereocenters. The number of nitrogens with zero attached hydrogens (tertiary/aromatic N) is 1. The van der Waals surface area contributed by atoms with Crippen LogP contribution in [0.15, 0.2) is 23.2 Å². The zero-order chi connectivity index (χ0) is 15.7. The number of para-hydroxylation sites is 1. The van der Waals surface area contributed by atoms with Crippen molar-refractivity contribution in [2.75, 3.05) is 7.11 Å². The largest absolute Gasteiger partial charge is 0.504 e. The van der Waals surface area contributed by atoms with E-state index in [1.54, 1.807) is 12.1 Å². The molecule has 0 fully saturated rings. The van der Waals surface area contributed by atoms with E-state index in [1.165, 1.54) is 35.6 Å². The second-order valence-electron chi connectivity index (χ2n) is 5.00. The molecule has 5 nitrogen and oxygen atoms in total. The normalized spacial score (nSPS) is 13.5. The molecule has 1 aliphatic rings. The van der Waals surface area contributed by atoms with Crippen LogP contribution in [0, 0.1) is 0 Å². The van der Waals surface area contributed by atoms with Crippen molar-refractivity contribution >= 4 is 28.5 Å². The zero-order valence-corrected chi connectivity index (χ0v) is 12.8. The number of fused-ring (bicyclic) bond motifs is 1. The van der Waals surface area contributed by atoms with Crippen LogP contribution >= 0.6 is 11.3 Å². The van der Waals surface area contributed by atoms with Crippen LogP contribution in [-0.4, -0.2) is 29.5 Å². The average Bonchev–Trinajstić information content (AvgIpc) is 3.08. The van der Waals surface area contributed by atoms with E-state index in [4.69, 9.17) is 4.74 Å². The number of phenolic OH excluding ortho intramolecular Hbond substituents is 2. The van der Waals surface area contributed by atoms with Gasteiger partial charge in [-0.1, -0.05) is 6.07 Å². The molecule has 0 spiro atoms. The smallest absolute Gasteiger partial charge is 0.341 e. The van der Waals surface area contributed by atoms with E-state index in [9.17, 15) is 15.0 Å². The summed E-state index contributed by atoms with van der Waals surface area (Å²) in [4.78, 5) is 17.5. The minimum atomic E-state index is -0.383. The Morgan fingerprint density at radius 2 is 2.18 bits per heavy atom. The molecule has 0 saturated heterocycles. The van der Waals surface area contributed by atoms with Crippen molar-refractivity contribution in [1.82, 2.24) is 0 Å². The first-order valence-electron chi connectivity index (χ1n) is 6.89. The number of aromatic hydroxyl groups is 2. The van der Waals surface area contributed by atoms with E-state index in [-0.39, 0.29) is 17.5 Å². The first kappa shape index (κ1) is 14.6. The molecule has 2 N–H and O–H groups in total. The predicted molar refractivity (Wildman–Crippen MR) is 84.7 cm³/mol. The fourth-order valence-electron chi connectivity index (χ4n) is 2.57. The van der Waals surface area contributed by atoms with Crippen molar-refractivity contribution in [3.05, 3.63) is 39.8 Å². The maximum Gasteiger partial charge on any atom is 0.341 e. The number of methoxy groups -OCH3 is 1. The number of benzene rings is 1. The van der Waals surface area contributed by atoms with Crippen molar-refractivity contribution in [2.24, 2.45) is 4.99 Å². The number of carbonyl (C=O) groups excluding carboxylic acids is 1. The third-order valence-corrected chi connectivity index (χ3v) is 4.86. The summed E-state index contributed by atoms with van der Waals surface area (Å²) in [6.45, 7) is 0. The highest BCUT2D eigenvalue weighted by molar-refractivity contribution is 7.16. The van der Waals surface area contributed by atoms with Gasteiger partial charge in [-0.05, 0) is 37.0 Å². The lowest BCUT2D eigenvalue weighted by Gasteiger charge is -2.02. The number of thiophene rings is 1. The second kappa shape index (κ2) is 5.81. The molecule has 0 saturated carbocycles. The summed E-state index contributed by atoms with van der Waals surface area (Å²) >= 11 is 1.48. The third-order valence-electron chi connectivity index (χ3n) is 3.66. The summed E-state index contributed by atoms with van der Waals surface area (Å²) in [5.74, 6) is -0.813. The van der Waals surface area contributed by atoms with E-state index < -0.39 is 0 Å². The number of hydrogen-bond acceptors (Lipinski definition) is 6. The summed E-state index contributed by atoms with van der Waals surface area (Å²) in [5.41, 5.74) is 1.95. The Bertz CT molecular complexity index is 764. The van der Waals surface area contributed by atoms with Gasteiger partial charge in [-0.3, -0.25) is 0 Å². The standard InChI is InChI=1S/C16H15NO4S/c1-21-16(20)13-10-5-3-7-12(10)22-15(13)17-8-9-4-2-6-11(18)14(9)19/h2,4,6,8,18-19H,3,5,7H2,1H3. The van der Waals surface area contributed by atoms with Crippen LogP contribution < -0.4 is 0 Å². The Kier molecular flexibility index (Phi) is 3.85. The van der Waals surface area contributed by atoms with Crippen LogP contribution in [-0.2, 0) is 17.6 Å². The number of ether oxygens (including phenoxy) is 1. The molecule has 6 heteroatoms. The molecule has 1 aliphatic carbocycles. The van der Waals surface area contributed by atoms with E-state index in [0.29, 0.717) is 16.1 Å². The molecule has 0 aliphatic heterocycles. The first-order valence-corrected chi connectivity index (χ1v) is 7.71. The van der Waals surface area contributed by atoms with E-state index in [2.05, 4.69) is 4.99 Å². The second-order valence-corrected chi connectivity index (χ2v) is 6.09. The minimum absolute atomic E-state index is 0.203. The van der Waals surface area contributed by atoms with Crippen LogP contribution in [0.1, 0.15) is 32.8 Å². The highest BCUT2D eigenvalue weighted by Gasteiger charge is 2.26. The van der Waals surface area contributed by atoms with Gasteiger partial charge in [0.25, 0.3) is 0 Å². The molecular formula is C16H15NO4S. The number of carbonyl (C=O) groups is 1. The molecule has 0 unspecified atom stereocenters. The Morgan fingerprint density at radius 1 is 1.36 bits per heavy atom. The summed E-state index contributed by atoms with van der Waals surface area (Å²) in [7, 11) is 1.36. The monoisotopic (exact) mass is 317 g/mol. The van der Waals surface area contributed by atoms with Crippen molar-refractivity contribution in [3.8, 4) is 11.5 Å². The maximum absolute atomic E-state index is 12.0. The Hall–Kier alpha value is -2.34. The summed E-state index contributed by atoms with van der Waals surface area (Å²) in [6.07, 6.45) is 4.31. The molecule has 0 amide bonds. The number of phenols is 2. The van der Waals surface area contributed by atoms with Crippen LogP contribution in [0.25, 0.3) is 0 Å². The fourth-order valence-corrected chi connectivity index (χ4v) is 3.80. The quantitative estimate of drug-likeness (QED) is 0.518. The lowest BCUT2D eigenvalue weighted by Crippen LogP contribution is -2.03. The predicted octanol–water partition coefficient (Wildman–Crippen LogP) is 3.19. The molecule has 0 bridgehead atoms. The Morgan fingerprint density at radius 3 is 2.95 bits per heavy atom. The lowest BCUT2D eigenvalue weighted by atomic mass is 10.1. The van der Waals surface area contributed by atoms with Crippen molar-refractivity contribution < 1.29 is 19.7 Å². The van der Waals surface area contributed by atoms with Crippen molar-refractivity contribution in [1.29, 1.82) is 0 Å². The van der Waals surface area contributed by atoms with Crippen LogP contribution in [0.4, 0.5) is 5.00 Å². The number of hydrogen-bond donors (Lipinski definition) is 2. The van der Waals surface area contributed by atoms with E-state index >= 15 is 0 Å². The number of esters is 1. The SMILES string of the molecule is COC(=O)c1c(N=Cc2cccc(O)c2O)sc2c1CCC2. The van der Waals surface area contributed by atoms with Gasteiger partial charge in [-0.2, -0.15) is 0 Å². The Labute approximate surface area is 131 Å².